The molecule has 15 heavy (non-hydrogen) atoms. The number of nitrogens with one attached hydrogen (secondary N) is 1. The summed E-state index contributed by atoms with van der Waals surface area (Å²) in [6.07, 6.45) is 0. The van der Waals surface area contributed by atoms with Gasteiger partial charge in [0, 0.05) is 6.54 Å². The molecule has 0 saturated carbocycles. The van der Waals surface area contributed by atoms with E-state index in [0.717, 1.165) is 0 Å². The van der Waals surface area contributed by atoms with Crippen LogP contribution < -0.4 is 5.32 Å². The van der Waals surface area contributed by atoms with Gasteiger partial charge in [-0.25, -0.2) is 0 Å². The molecule has 0 amide bonds. The number of methoxy groups -OCH3 is 1. The summed E-state index contributed by atoms with van der Waals surface area (Å²) in [6.45, 7) is 0.639. The molecule has 0 spiro atoms. The topological polar surface area (TPSA) is 99.0 Å². The van der Waals surface area contributed by atoms with E-state index in [-0.39, 0.29) is 12.5 Å². The Morgan fingerprint density at radius 1 is 1.33 bits per heavy atom. The van der Waals surface area contributed by atoms with Gasteiger partial charge in [0.15, 0.2) is 0 Å². The Morgan fingerprint density at radius 2 is 1.80 bits per heavy atom. The second-order valence-electron chi connectivity index (χ2n) is 3.56. The lowest BCUT2D eigenvalue weighted by Crippen LogP contribution is -2.56. The molecular formula is C9H19NO5. The molecule has 0 heterocycles. The van der Waals surface area contributed by atoms with Crippen LogP contribution in [0.4, 0.5) is 0 Å². The molecule has 0 aromatic carbocycles. The maximum atomic E-state index is 11.0. The molecule has 0 rings (SSSR count). The van der Waals surface area contributed by atoms with Gasteiger partial charge in [0.2, 0.25) is 0 Å². The smallest absolute Gasteiger partial charge is 0.309 e. The van der Waals surface area contributed by atoms with Crippen LogP contribution in [0.2, 0.25) is 0 Å². The van der Waals surface area contributed by atoms with Crippen LogP contribution in [0, 0.1) is 5.92 Å². The second-order valence-corrected chi connectivity index (χ2v) is 3.56. The standard InChI is InChI=1S/C9H19NO5/c1-7(8(14)15-2)3-10-9(4-11,5-12)6-13/h7,10-13H,3-6H2,1-2H3. The highest BCUT2D eigenvalue weighted by Crippen LogP contribution is 2.04. The third-order valence-corrected chi connectivity index (χ3v) is 2.29. The van der Waals surface area contributed by atoms with Crippen molar-refractivity contribution in [2.75, 3.05) is 33.5 Å². The van der Waals surface area contributed by atoms with Crippen molar-refractivity contribution in [2.45, 2.75) is 12.5 Å². The lowest BCUT2D eigenvalue weighted by atomic mass is 10.0. The SMILES string of the molecule is COC(=O)C(C)CNC(CO)(CO)CO. The van der Waals surface area contributed by atoms with Crippen LogP contribution in [-0.4, -0.2) is 60.3 Å². The minimum atomic E-state index is -1.15. The first-order valence-electron chi connectivity index (χ1n) is 4.70. The van der Waals surface area contributed by atoms with Gasteiger partial charge < -0.3 is 25.4 Å². The van der Waals surface area contributed by atoms with Gasteiger partial charge in [0.25, 0.3) is 0 Å². The predicted octanol–water partition coefficient (Wildman–Crippen LogP) is -1.90. The Kier molecular flexibility index (Phi) is 6.42. The van der Waals surface area contributed by atoms with Gasteiger partial charge in [-0.15, -0.1) is 0 Å². The summed E-state index contributed by atoms with van der Waals surface area (Å²) >= 11 is 0. The van der Waals surface area contributed by atoms with Gasteiger partial charge in [-0.3, -0.25) is 4.79 Å². The zero-order valence-electron chi connectivity index (χ0n) is 9.06. The van der Waals surface area contributed by atoms with Gasteiger partial charge in [-0.05, 0) is 0 Å². The Morgan fingerprint density at radius 3 is 2.13 bits per heavy atom. The molecule has 0 aliphatic heterocycles. The van der Waals surface area contributed by atoms with E-state index in [1.54, 1.807) is 6.92 Å². The van der Waals surface area contributed by atoms with E-state index in [0.29, 0.717) is 0 Å². The Bertz CT molecular complexity index is 185. The van der Waals surface area contributed by atoms with E-state index in [2.05, 4.69) is 10.1 Å². The lowest BCUT2D eigenvalue weighted by molar-refractivity contribution is -0.144. The Labute approximate surface area is 88.9 Å². The first-order valence-corrected chi connectivity index (χ1v) is 4.70. The summed E-state index contributed by atoms with van der Waals surface area (Å²) in [4.78, 5) is 11.0. The molecule has 0 aliphatic carbocycles. The van der Waals surface area contributed by atoms with Gasteiger partial charge in [0.05, 0.1) is 38.4 Å². The predicted molar refractivity (Wildman–Crippen MR) is 53.2 cm³/mol. The molecule has 1 unspecified atom stereocenters. The second kappa shape index (κ2) is 6.73. The quantitative estimate of drug-likeness (QED) is 0.375. The minimum Gasteiger partial charge on any atom is -0.469 e. The molecule has 0 fully saturated rings. The van der Waals surface area contributed by atoms with Crippen LogP contribution in [0.5, 0.6) is 0 Å². The van der Waals surface area contributed by atoms with E-state index in [9.17, 15) is 4.79 Å². The van der Waals surface area contributed by atoms with Crippen LogP contribution in [-0.2, 0) is 9.53 Å². The highest BCUT2D eigenvalue weighted by Gasteiger charge is 2.28. The van der Waals surface area contributed by atoms with Crippen molar-refractivity contribution in [2.24, 2.45) is 5.92 Å². The van der Waals surface area contributed by atoms with Crippen molar-refractivity contribution in [1.29, 1.82) is 0 Å². The van der Waals surface area contributed by atoms with Gasteiger partial charge in [0.1, 0.15) is 0 Å². The summed E-state index contributed by atoms with van der Waals surface area (Å²) in [5, 5.41) is 29.7. The lowest BCUT2D eigenvalue weighted by Gasteiger charge is -2.29. The first kappa shape index (κ1) is 14.3. The molecule has 0 aromatic rings. The highest BCUT2D eigenvalue weighted by atomic mass is 16.5. The monoisotopic (exact) mass is 221 g/mol. The number of carbonyl (C=O) groups excluding carboxylic acids is 1. The Balaban J connectivity index is 4.16. The molecule has 4 N–H and O–H groups in total. The summed E-state index contributed by atoms with van der Waals surface area (Å²) < 4.78 is 4.51. The van der Waals surface area contributed by atoms with Crippen molar-refractivity contribution in [3.8, 4) is 0 Å². The molecule has 0 saturated heterocycles. The molecule has 90 valence electrons. The molecule has 6 nitrogen and oxygen atoms in total. The zero-order valence-corrected chi connectivity index (χ0v) is 9.06. The first-order chi connectivity index (χ1) is 7.05. The summed E-state index contributed by atoms with van der Waals surface area (Å²) in [7, 11) is 1.29. The van der Waals surface area contributed by atoms with Crippen molar-refractivity contribution >= 4 is 5.97 Å². The number of aliphatic hydroxyl groups is 3. The van der Waals surface area contributed by atoms with Crippen molar-refractivity contribution in [1.82, 2.24) is 5.32 Å². The van der Waals surface area contributed by atoms with E-state index >= 15 is 0 Å². The minimum absolute atomic E-state index is 0.217. The maximum absolute atomic E-state index is 11.0. The molecule has 0 aliphatic rings. The number of hydrogen-bond donors (Lipinski definition) is 4. The summed E-state index contributed by atoms with van der Waals surface area (Å²) in [5.41, 5.74) is -1.15. The van der Waals surface area contributed by atoms with Crippen molar-refractivity contribution < 1.29 is 24.9 Å². The highest BCUT2D eigenvalue weighted by molar-refractivity contribution is 5.72. The van der Waals surface area contributed by atoms with E-state index < -0.39 is 31.3 Å². The average molecular weight is 221 g/mol. The summed E-state index contributed by atoms with van der Waals surface area (Å²) in [6, 6.07) is 0. The van der Waals surface area contributed by atoms with Crippen LogP contribution in [0.25, 0.3) is 0 Å². The maximum Gasteiger partial charge on any atom is 0.309 e. The third kappa shape index (κ3) is 4.13. The van der Waals surface area contributed by atoms with E-state index in [1.165, 1.54) is 7.11 Å². The Hall–Kier alpha value is -0.690. The van der Waals surface area contributed by atoms with Crippen LogP contribution in [0.1, 0.15) is 6.92 Å². The molecule has 1 atom stereocenters. The molecule has 6 heteroatoms. The fourth-order valence-electron chi connectivity index (χ4n) is 0.972. The number of aliphatic hydroxyl groups excluding tert-OH is 3. The third-order valence-electron chi connectivity index (χ3n) is 2.29. The van der Waals surface area contributed by atoms with Gasteiger partial charge in [-0.1, -0.05) is 6.92 Å². The van der Waals surface area contributed by atoms with E-state index in [1.807, 2.05) is 0 Å². The largest absolute Gasteiger partial charge is 0.469 e. The van der Waals surface area contributed by atoms with Gasteiger partial charge in [-0.2, -0.15) is 0 Å². The van der Waals surface area contributed by atoms with Crippen LogP contribution in [0.15, 0.2) is 0 Å². The number of rotatable bonds is 7. The summed E-state index contributed by atoms with van der Waals surface area (Å²) in [5.74, 6) is -0.788. The van der Waals surface area contributed by atoms with Gasteiger partial charge >= 0.3 is 5.97 Å². The zero-order chi connectivity index (χ0) is 11.9. The number of esters is 1. The fourth-order valence-corrected chi connectivity index (χ4v) is 0.972. The van der Waals surface area contributed by atoms with Crippen LogP contribution in [0.3, 0.4) is 0 Å². The molecule has 0 aromatic heterocycles. The number of ether oxygens (including phenoxy) is 1. The van der Waals surface area contributed by atoms with Crippen LogP contribution >= 0.6 is 0 Å². The normalized spacial score (nSPS) is 13.7. The molecule has 0 radical (unpaired) electrons. The fraction of sp³-hybridized carbons (Fsp3) is 0.889. The number of carbonyl (C=O) groups is 1. The molecule has 0 bridgehead atoms. The number of hydrogen-bond acceptors (Lipinski definition) is 6. The van der Waals surface area contributed by atoms with E-state index in [4.69, 9.17) is 15.3 Å². The van der Waals surface area contributed by atoms with Crippen molar-refractivity contribution in [3.63, 3.8) is 0 Å². The average Bonchev–Trinajstić information content (AvgIpc) is 2.30. The van der Waals surface area contributed by atoms with Crippen molar-refractivity contribution in [3.05, 3.63) is 0 Å². The molecular weight excluding hydrogens is 202 g/mol.